The van der Waals surface area contributed by atoms with Crippen LogP contribution < -0.4 is 9.64 Å². The summed E-state index contributed by atoms with van der Waals surface area (Å²) in [6, 6.07) is 30.3. The third-order valence-electron chi connectivity index (χ3n) is 8.00. The molecule has 4 aromatic carbocycles. The van der Waals surface area contributed by atoms with E-state index in [1.807, 2.05) is 72.8 Å². The second kappa shape index (κ2) is 15.2. The van der Waals surface area contributed by atoms with Gasteiger partial charge in [0.15, 0.2) is 15.9 Å². The molecule has 0 fully saturated rings. The zero-order valence-electron chi connectivity index (χ0n) is 26.0. The molecule has 238 valence electrons. The predicted octanol–water partition coefficient (Wildman–Crippen LogP) is 9.13. The Labute approximate surface area is 282 Å². The third-order valence-corrected chi connectivity index (χ3v) is 10.1. The van der Waals surface area contributed by atoms with Crippen molar-refractivity contribution in [2.24, 2.45) is 0 Å². The molecule has 7 nitrogen and oxygen atoms in total. The molecule has 1 amide bonds. The lowest BCUT2D eigenvalue weighted by Crippen LogP contribution is -2.30. The quantitative estimate of drug-likeness (QED) is 0.0549. The number of hydrogen-bond donors (Lipinski definition) is 1. The molecule has 6 rings (SSSR count). The molecule has 1 aliphatic heterocycles. The molecule has 5 aromatic rings. The van der Waals surface area contributed by atoms with Gasteiger partial charge in [0.1, 0.15) is 5.75 Å². The van der Waals surface area contributed by atoms with E-state index in [1.54, 1.807) is 6.08 Å². The van der Waals surface area contributed by atoms with E-state index in [4.69, 9.17) is 4.74 Å². The van der Waals surface area contributed by atoms with Gasteiger partial charge in [0, 0.05) is 5.75 Å². The smallest absolute Gasteiger partial charge is 0.296 e. The molecule has 0 saturated heterocycles. The highest BCUT2D eigenvalue weighted by molar-refractivity contribution is 8.00. The van der Waals surface area contributed by atoms with E-state index in [2.05, 4.69) is 41.4 Å². The molecule has 0 saturated carbocycles. The van der Waals surface area contributed by atoms with Gasteiger partial charge >= 0.3 is 0 Å². The molecule has 0 bridgehead atoms. The van der Waals surface area contributed by atoms with Gasteiger partial charge in [-0.3, -0.25) is 14.5 Å². The summed E-state index contributed by atoms with van der Waals surface area (Å²) in [6.07, 6.45) is 7.49. The summed E-state index contributed by atoms with van der Waals surface area (Å²) in [7, 11) is 0. The summed E-state index contributed by atoms with van der Waals surface area (Å²) >= 11 is 2.79. The number of aromatic nitrogens is 2. The number of anilines is 1. The van der Waals surface area contributed by atoms with Gasteiger partial charge in [-0.25, -0.2) is 0 Å². The van der Waals surface area contributed by atoms with E-state index in [-0.39, 0.29) is 5.57 Å². The van der Waals surface area contributed by atoms with Gasteiger partial charge < -0.3 is 9.84 Å². The molecule has 1 N–H and O–H groups in total. The van der Waals surface area contributed by atoms with Gasteiger partial charge in [-0.15, -0.1) is 10.2 Å². The number of benzene rings is 4. The van der Waals surface area contributed by atoms with Crippen LogP contribution in [-0.4, -0.2) is 33.6 Å². The average Bonchev–Trinajstić information content (AvgIpc) is 3.68. The maximum absolute atomic E-state index is 13.7. The van der Waals surface area contributed by atoms with Crippen LogP contribution in [0.15, 0.2) is 119 Å². The lowest BCUT2D eigenvalue weighted by Gasteiger charge is -2.24. The van der Waals surface area contributed by atoms with Crippen LogP contribution in [0.1, 0.15) is 55.3 Å². The Kier molecular flexibility index (Phi) is 10.4. The fourth-order valence-corrected chi connectivity index (χ4v) is 7.45. The minimum Gasteiger partial charge on any atom is -0.503 e. The predicted molar refractivity (Wildman–Crippen MR) is 190 cm³/mol. The third kappa shape index (κ3) is 7.48. The van der Waals surface area contributed by atoms with Crippen LogP contribution in [-0.2, 0) is 15.3 Å². The Bertz CT molecular complexity index is 1910. The summed E-state index contributed by atoms with van der Waals surface area (Å²) in [5.74, 6) is -0.364. The Hall–Kier alpha value is -4.73. The number of ketones is 1. The fraction of sp³-hybridized carbons (Fsp3) is 0.211. The van der Waals surface area contributed by atoms with Crippen molar-refractivity contribution < 1.29 is 19.4 Å². The summed E-state index contributed by atoms with van der Waals surface area (Å²) in [5, 5.41) is 22.5. The molecule has 0 aliphatic carbocycles. The minimum absolute atomic E-state index is 0.00410. The van der Waals surface area contributed by atoms with Crippen molar-refractivity contribution in [3.05, 3.63) is 131 Å². The molecule has 47 heavy (non-hydrogen) atoms. The van der Waals surface area contributed by atoms with Crippen LogP contribution in [0, 0.1) is 0 Å². The van der Waals surface area contributed by atoms with Gasteiger partial charge in [0.25, 0.3) is 5.91 Å². The number of amides is 1. The van der Waals surface area contributed by atoms with Crippen molar-refractivity contribution in [3.63, 3.8) is 0 Å². The highest BCUT2D eigenvalue weighted by Crippen LogP contribution is 2.44. The number of rotatable bonds is 14. The van der Waals surface area contributed by atoms with E-state index in [0.717, 1.165) is 24.8 Å². The van der Waals surface area contributed by atoms with Crippen LogP contribution in [0.4, 0.5) is 5.13 Å². The molecular formula is C38H35N3O4S2. The van der Waals surface area contributed by atoms with Crippen LogP contribution in [0.5, 0.6) is 5.75 Å². The largest absolute Gasteiger partial charge is 0.503 e. The van der Waals surface area contributed by atoms with Gasteiger partial charge in [-0.1, -0.05) is 140 Å². The normalized spacial score (nSPS) is 14.9. The number of carbonyl (C=O) groups excluding carboxylic acids is 2. The molecule has 2 heterocycles. The highest BCUT2D eigenvalue weighted by atomic mass is 32.2. The Balaban J connectivity index is 1.26. The van der Waals surface area contributed by atoms with Gasteiger partial charge in [0.2, 0.25) is 5.13 Å². The monoisotopic (exact) mass is 661 g/mol. The Morgan fingerprint density at radius 2 is 1.70 bits per heavy atom. The number of unbranched alkanes of at least 4 members (excludes halogenated alkanes) is 3. The number of ether oxygens (including phenoxy) is 1. The topological polar surface area (TPSA) is 92.6 Å². The lowest BCUT2D eigenvalue weighted by atomic mass is 9.95. The van der Waals surface area contributed by atoms with Gasteiger partial charge in [0.05, 0.1) is 18.2 Å². The van der Waals surface area contributed by atoms with Crippen molar-refractivity contribution in [2.75, 3.05) is 11.5 Å². The minimum atomic E-state index is -0.891. The van der Waals surface area contributed by atoms with Gasteiger partial charge in [-0.05, 0) is 52.1 Å². The number of carbonyl (C=O) groups is 2. The standard InChI is InChI=1S/C38H35N3O4S2/c1-2-3-4-10-24-45-30-21-19-28(20-22-30)34-33(32(42)23-18-26-12-6-5-7-13-26)35(43)36(44)41(34)37-39-40-38(47-37)46-25-29-16-11-15-27-14-8-9-17-31(27)29/h5-9,11-23,34,43H,2-4,10,24-25H2,1H3. The Morgan fingerprint density at radius 3 is 2.51 bits per heavy atom. The number of allylic oxidation sites excluding steroid dienone is 1. The molecule has 1 atom stereocenters. The first-order valence-electron chi connectivity index (χ1n) is 15.7. The first-order chi connectivity index (χ1) is 23.0. The average molecular weight is 662 g/mol. The number of fused-ring (bicyclic) bond motifs is 1. The molecule has 9 heteroatoms. The number of aliphatic hydroxyl groups is 1. The van der Waals surface area contributed by atoms with Crippen LogP contribution >= 0.6 is 23.1 Å². The summed E-state index contributed by atoms with van der Waals surface area (Å²) in [4.78, 5) is 28.7. The second-order valence-electron chi connectivity index (χ2n) is 11.2. The fourth-order valence-electron chi connectivity index (χ4n) is 5.58. The first-order valence-corrected chi connectivity index (χ1v) is 17.5. The lowest BCUT2D eigenvalue weighted by molar-refractivity contribution is -0.117. The summed E-state index contributed by atoms with van der Waals surface area (Å²) < 4.78 is 6.61. The zero-order chi connectivity index (χ0) is 32.6. The van der Waals surface area contributed by atoms with E-state index < -0.39 is 23.5 Å². The number of thioether (sulfide) groups is 1. The Morgan fingerprint density at radius 1 is 0.936 bits per heavy atom. The summed E-state index contributed by atoms with van der Waals surface area (Å²) in [6.45, 7) is 2.79. The van der Waals surface area contributed by atoms with E-state index >= 15 is 0 Å². The molecule has 1 aliphatic rings. The van der Waals surface area contributed by atoms with Crippen molar-refractivity contribution in [2.45, 2.75) is 48.7 Å². The maximum atomic E-state index is 13.7. The molecule has 0 radical (unpaired) electrons. The van der Waals surface area contributed by atoms with Crippen molar-refractivity contribution in [3.8, 4) is 5.75 Å². The SMILES string of the molecule is CCCCCCOc1ccc(C2C(C(=O)C=Cc3ccccc3)=C(O)C(=O)N2c2nnc(SCc3cccc4ccccc34)s2)cc1. The van der Waals surface area contributed by atoms with E-state index in [0.29, 0.717) is 33.1 Å². The van der Waals surface area contributed by atoms with Crippen molar-refractivity contribution >= 4 is 56.8 Å². The number of hydrogen-bond acceptors (Lipinski definition) is 8. The zero-order valence-corrected chi connectivity index (χ0v) is 27.7. The maximum Gasteiger partial charge on any atom is 0.296 e. The second-order valence-corrected chi connectivity index (χ2v) is 13.4. The molecule has 0 spiro atoms. The van der Waals surface area contributed by atoms with Gasteiger partial charge in [-0.2, -0.15) is 0 Å². The van der Waals surface area contributed by atoms with E-state index in [9.17, 15) is 14.7 Å². The van der Waals surface area contributed by atoms with Crippen molar-refractivity contribution in [1.82, 2.24) is 10.2 Å². The summed E-state index contributed by atoms with van der Waals surface area (Å²) in [5.41, 5.74) is 2.65. The van der Waals surface area contributed by atoms with Crippen molar-refractivity contribution in [1.29, 1.82) is 0 Å². The van der Waals surface area contributed by atoms with E-state index in [1.165, 1.54) is 56.8 Å². The van der Waals surface area contributed by atoms with Crippen LogP contribution in [0.3, 0.4) is 0 Å². The molecule has 1 unspecified atom stereocenters. The first kappa shape index (κ1) is 32.2. The van der Waals surface area contributed by atoms with Crippen LogP contribution in [0.25, 0.3) is 16.8 Å². The highest BCUT2D eigenvalue weighted by Gasteiger charge is 2.45. The molecular weight excluding hydrogens is 627 g/mol. The van der Waals surface area contributed by atoms with Crippen LogP contribution in [0.2, 0.25) is 0 Å². The molecule has 1 aromatic heterocycles. The number of nitrogens with zero attached hydrogens (tertiary/aromatic N) is 3. The number of aliphatic hydroxyl groups excluding tert-OH is 1.